The molecule has 1 fully saturated rings. The van der Waals surface area contributed by atoms with Crippen LogP contribution in [-0.4, -0.2) is 48.7 Å². The van der Waals surface area contributed by atoms with Crippen LogP contribution >= 0.6 is 0 Å². The van der Waals surface area contributed by atoms with Crippen LogP contribution in [-0.2, 0) is 6.42 Å². The van der Waals surface area contributed by atoms with Crippen molar-refractivity contribution in [3.05, 3.63) is 59.2 Å². The Kier molecular flexibility index (Phi) is 6.63. The van der Waals surface area contributed by atoms with Gasteiger partial charge in [0.2, 0.25) is 5.88 Å². The summed E-state index contributed by atoms with van der Waals surface area (Å²) in [6.07, 6.45) is 3.00. The number of hydrogen-bond acceptors (Lipinski definition) is 7. The van der Waals surface area contributed by atoms with E-state index in [0.29, 0.717) is 37.1 Å². The second-order valence-corrected chi connectivity index (χ2v) is 9.33. The van der Waals surface area contributed by atoms with Crippen molar-refractivity contribution in [3.8, 4) is 22.9 Å². The zero-order valence-electron chi connectivity index (χ0n) is 20.4. The molecular weight excluding hydrogens is 487 g/mol. The van der Waals surface area contributed by atoms with Gasteiger partial charge in [-0.3, -0.25) is 4.79 Å². The maximum Gasteiger partial charge on any atom is 0.274 e. The number of rotatable bonds is 5. The van der Waals surface area contributed by atoms with Crippen LogP contribution in [0.5, 0.6) is 11.6 Å². The molecule has 0 saturated carbocycles. The second kappa shape index (κ2) is 9.89. The van der Waals surface area contributed by atoms with Gasteiger partial charge in [0.15, 0.2) is 11.6 Å². The molecular formula is C26H26F3N5O3. The molecule has 1 amide bonds. The predicted molar refractivity (Wildman–Crippen MR) is 131 cm³/mol. The van der Waals surface area contributed by atoms with E-state index in [1.54, 1.807) is 0 Å². The Balaban J connectivity index is 1.51. The number of aromatic nitrogens is 2. The minimum atomic E-state index is -1.12. The Bertz CT molecular complexity index is 1360. The molecule has 3 aromatic rings. The number of ether oxygens (including phenoxy) is 2. The van der Waals surface area contributed by atoms with Gasteiger partial charge in [-0.1, -0.05) is 6.92 Å². The molecule has 0 aliphatic carbocycles. The van der Waals surface area contributed by atoms with Gasteiger partial charge in [0.05, 0.1) is 36.9 Å². The van der Waals surface area contributed by atoms with Crippen LogP contribution < -0.4 is 25.4 Å². The summed E-state index contributed by atoms with van der Waals surface area (Å²) in [5, 5.41) is 2.80. The Morgan fingerprint density at radius 2 is 1.97 bits per heavy atom. The molecule has 2 atom stereocenters. The van der Waals surface area contributed by atoms with Crippen molar-refractivity contribution in [1.82, 2.24) is 9.97 Å². The average Bonchev–Trinajstić information content (AvgIpc) is 3.33. The molecule has 0 radical (unpaired) electrons. The third kappa shape index (κ3) is 4.66. The number of carbonyl (C=O) groups excluding carboxylic acids is 1. The molecule has 37 heavy (non-hydrogen) atoms. The Morgan fingerprint density at radius 1 is 1.19 bits per heavy atom. The quantitative estimate of drug-likeness (QED) is 0.533. The van der Waals surface area contributed by atoms with E-state index >= 15 is 0 Å². The number of nitrogens with one attached hydrogen (secondary N) is 1. The molecule has 0 unspecified atom stereocenters. The zero-order chi connectivity index (χ0) is 26.3. The summed E-state index contributed by atoms with van der Waals surface area (Å²) in [7, 11) is 1.21. The first-order chi connectivity index (χ1) is 17.8. The smallest absolute Gasteiger partial charge is 0.274 e. The van der Waals surface area contributed by atoms with E-state index in [-0.39, 0.29) is 17.5 Å². The lowest BCUT2D eigenvalue weighted by Crippen LogP contribution is -2.47. The van der Waals surface area contributed by atoms with Crippen molar-refractivity contribution in [2.24, 2.45) is 11.7 Å². The lowest BCUT2D eigenvalue weighted by molar-refractivity contribution is 0.102. The molecule has 2 aliphatic rings. The fourth-order valence-corrected chi connectivity index (χ4v) is 5.00. The summed E-state index contributed by atoms with van der Waals surface area (Å²) < 4.78 is 54.5. The molecule has 194 valence electrons. The second-order valence-electron chi connectivity index (χ2n) is 9.33. The van der Waals surface area contributed by atoms with Crippen molar-refractivity contribution < 1.29 is 27.4 Å². The van der Waals surface area contributed by atoms with Crippen LogP contribution in [0, 0.1) is 23.4 Å². The number of pyridine rings is 2. The van der Waals surface area contributed by atoms with Crippen molar-refractivity contribution in [2.45, 2.75) is 25.8 Å². The van der Waals surface area contributed by atoms with Crippen molar-refractivity contribution in [2.75, 3.05) is 37.0 Å². The summed E-state index contributed by atoms with van der Waals surface area (Å²) in [6.45, 7) is 3.92. The lowest BCUT2D eigenvalue weighted by Gasteiger charge is -2.38. The predicted octanol–water partition coefficient (Wildman–Crippen LogP) is 3.93. The number of halogens is 3. The van der Waals surface area contributed by atoms with Gasteiger partial charge in [0.25, 0.3) is 5.91 Å². The minimum Gasteiger partial charge on any atom is -0.494 e. The molecule has 2 aromatic heterocycles. The van der Waals surface area contributed by atoms with Crippen LogP contribution in [0.2, 0.25) is 0 Å². The Hall–Kier alpha value is -3.86. The average molecular weight is 514 g/mol. The van der Waals surface area contributed by atoms with Gasteiger partial charge < -0.3 is 25.4 Å². The molecule has 2 aliphatic heterocycles. The third-order valence-corrected chi connectivity index (χ3v) is 6.55. The highest BCUT2D eigenvalue weighted by Gasteiger charge is 2.31. The molecule has 4 heterocycles. The van der Waals surface area contributed by atoms with Gasteiger partial charge in [-0.15, -0.1) is 0 Å². The highest BCUT2D eigenvalue weighted by Crippen LogP contribution is 2.40. The van der Waals surface area contributed by atoms with Gasteiger partial charge >= 0.3 is 0 Å². The SMILES string of the molecule is COc1ccc(F)c(-c2nc(C(=O)Nc3cnc4c(c3N3C[C@H](C)C[C@H](N)C3)CCO4)ccc2F)c1F. The van der Waals surface area contributed by atoms with Crippen molar-refractivity contribution in [3.63, 3.8) is 0 Å². The van der Waals surface area contributed by atoms with E-state index in [1.165, 1.54) is 13.3 Å². The number of nitrogens with zero attached hydrogens (tertiary/aromatic N) is 3. The summed E-state index contributed by atoms with van der Waals surface area (Å²) in [5.41, 5.74) is 6.74. The molecule has 8 nitrogen and oxygen atoms in total. The Labute approximate surface area is 211 Å². The van der Waals surface area contributed by atoms with E-state index in [1.807, 2.05) is 0 Å². The van der Waals surface area contributed by atoms with E-state index in [0.717, 1.165) is 48.5 Å². The first-order valence-electron chi connectivity index (χ1n) is 11.9. The number of amides is 1. The van der Waals surface area contributed by atoms with Crippen molar-refractivity contribution >= 4 is 17.3 Å². The fraction of sp³-hybridized carbons (Fsp3) is 0.346. The van der Waals surface area contributed by atoms with Crippen LogP contribution in [0.3, 0.4) is 0 Å². The first-order valence-corrected chi connectivity index (χ1v) is 11.9. The van der Waals surface area contributed by atoms with Gasteiger partial charge in [0, 0.05) is 31.1 Å². The number of anilines is 2. The summed E-state index contributed by atoms with van der Waals surface area (Å²) in [4.78, 5) is 23.7. The normalized spacial score (nSPS) is 18.8. The topological polar surface area (TPSA) is 103 Å². The molecule has 1 aromatic carbocycles. The maximum atomic E-state index is 14.8. The molecule has 3 N–H and O–H groups in total. The monoisotopic (exact) mass is 513 g/mol. The summed E-state index contributed by atoms with van der Waals surface area (Å²) >= 11 is 0. The molecule has 11 heteroatoms. The van der Waals surface area contributed by atoms with Crippen LogP contribution in [0.1, 0.15) is 29.4 Å². The van der Waals surface area contributed by atoms with Crippen molar-refractivity contribution in [1.29, 1.82) is 0 Å². The Morgan fingerprint density at radius 3 is 2.73 bits per heavy atom. The van der Waals surface area contributed by atoms with Crippen LogP contribution in [0.25, 0.3) is 11.3 Å². The zero-order valence-corrected chi connectivity index (χ0v) is 20.4. The summed E-state index contributed by atoms with van der Waals surface area (Å²) in [5.74, 6) is -3.27. The fourth-order valence-electron chi connectivity index (χ4n) is 5.00. The van der Waals surface area contributed by atoms with E-state index in [2.05, 4.69) is 27.1 Å². The first kappa shape index (κ1) is 24.8. The van der Waals surface area contributed by atoms with Crippen LogP contribution in [0.15, 0.2) is 30.5 Å². The van der Waals surface area contributed by atoms with Gasteiger partial charge in [-0.25, -0.2) is 23.1 Å². The largest absolute Gasteiger partial charge is 0.494 e. The molecule has 0 bridgehead atoms. The number of methoxy groups -OCH3 is 1. The van der Waals surface area contributed by atoms with E-state index in [9.17, 15) is 18.0 Å². The summed E-state index contributed by atoms with van der Waals surface area (Å²) in [6, 6.07) is 4.08. The molecule has 0 spiro atoms. The van der Waals surface area contributed by atoms with Gasteiger partial charge in [-0.2, -0.15) is 0 Å². The van der Waals surface area contributed by atoms with Gasteiger partial charge in [-0.05, 0) is 36.6 Å². The third-order valence-electron chi connectivity index (χ3n) is 6.55. The minimum absolute atomic E-state index is 0.0348. The van der Waals surface area contributed by atoms with Crippen LogP contribution in [0.4, 0.5) is 24.5 Å². The number of hydrogen-bond donors (Lipinski definition) is 2. The van der Waals surface area contributed by atoms with E-state index in [4.69, 9.17) is 15.2 Å². The highest BCUT2D eigenvalue weighted by atomic mass is 19.1. The maximum absolute atomic E-state index is 14.8. The number of fused-ring (bicyclic) bond motifs is 1. The number of benzene rings is 1. The highest BCUT2D eigenvalue weighted by molar-refractivity contribution is 6.05. The molecule has 5 rings (SSSR count). The lowest BCUT2D eigenvalue weighted by atomic mass is 9.95. The van der Waals surface area contributed by atoms with Gasteiger partial charge in [0.1, 0.15) is 23.0 Å². The number of carbonyl (C=O) groups is 1. The molecule has 1 saturated heterocycles. The van der Waals surface area contributed by atoms with E-state index < -0.39 is 34.6 Å². The number of nitrogens with two attached hydrogens (primary N) is 1. The number of piperidine rings is 1. The standard InChI is InChI=1S/C26H26F3N5O3/c1-13-9-14(30)12-34(11-13)24-15-7-8-37-26(15)31-10-19(24)33-25(35)18-5-3-17(28)23(32-18)21-16(27)4-6-20(36-2)22(21)29/h3-6,10,13-14H,7-9,11-12,30H2,1-2H3,(H,33,35)/t13-,14+/m1/s1.